The molecule has 5 aliphatic carbocycles. The summed E-state index contributed by atoms with van der Waals surface area (Å²) >= 11 is 0. The molecular formula is C36H63FN4O6. The van der Waals surface area contributed by atoms with Gasteiger partial charge in [0.05, 0.1) is 24.7 Å². The van der Waals surface area contributed by atoms with Crippen LogP contribution in [0.4, 0.5) is 4.39 Å². The minimum absolute atomic E-state index is 0.0404. The van der Waals surface area contributed by atoms with Crippen molar-refractivity contribution in [3.05, 3.63) is 0 Å². The number of fused-ring (bicyclic) bond motifs is 2. The number of alkyl halides is 1. The summed E-state index contributed by atoms with van der Waals surface area (Å²) in [6.07, 6.45) is 3.77. The van der Waals surface area contributed by atoms with Gasteiger partial charge in [-0.15, -0.1) is 0 Å². The number of aliphatic hydroxyl groups is 2. The first-order chi connectivity index (χ1) is 22.3. The van der Waals surface area contributed by atoms with E-state index >= 15 is 4.39 Å². The van der Waals surface area contributed by atoms with Gasteiger partial charge in [0.25, 0.3) is 0 Å². The SMILES string of the molecule is COC1C(CN2O[C@@H](CO)[C@@H]([C@H](C)O)[C@H]2C(=O)N[C@H]2C[C@H]3C[C@@H]([C@@H]2C)C3(C)C)CCCC1C1CCC(F)C(C(=O)NCCN(C)C)C1. The van der Waals surface area contributed by atoms with Crippen LogP contribution >= 0.6 is 0 Å². The van der Waals surface area contributed by atoms with Crippen LogP contribution in [0.5, 0.6) is 0 Å². The molecule has 6 rings (SSSR count). The van der Waals surface area contributed by atoms with E-state index in [1.165, 1.54) is 6.42 Å². The average Bonchev–Trinajstić information content (AvgIpc) is 3.40. The topological polar surface area (TPSA) is 124 Å². The Labute approximate surface area is 281 Å². The molecule has 270 valence electrons. The summed E-state index contributed by atoms with van der Waals surface area (Å²) in [5.41, 5.74) is 0.305. The molecule has 6 fully saturated rings. The van der Waals surface area contributed by atoms with Gasteiger partial charge in [0.2, 0.25) is 11.8 Å². The van der Waals surface area contributed by atoms with E-state index in [4.69, 9.17) is 9.57 Å². The van der Waals surface area contributed by atoms with Crippen molar-refractivity contribution in [2.75, 3.05) is 47.4 Å². The standard InChI is InChI=1S/C36H63FN4O6/c1-20-27-16-24(36(27,3)4)17-29(20)39-35(45)32-31(21(2)43)30(19-42)47-41(32)18-23-9-8-10-25(33(23)46-7)22-11-12-28(37)26(15-22)34(44)38-13-14-40(5)6/h20-33,42-43H,8-19H2,1-7H3,(H,38,44)(H,39,45)/t20-,21-,22?,23?,24+,25?,26?,27-,28?,29-,30-,31+,32-,33?/m0/s1. The largest absolute Gasteiger partial charge is 0.394 e. The van der Waals surface area contributed by atoms with Crippen molar-refractivity contribution in [3.63, 3.8) is 0 Å². The number of nitrogens with zero attached hydrogens (tertiary/aromatic N) is 2. The Morgan fingerprint density at radius 1 is 1.13 bits per heavy atom. The number of carbonyl (C=O) groups excluding carboxylic acids is 2. The third-order valence-electron chi connectivity index (χ3n) is 13.4. The second-order valence-electron chi connectivity index (χ2n) is 16.6. The lowest BCUT2D eigenvalue weighted by molar-refractivity contribution is -0.193. The van der Waals surface area contributed by atoms with Crippen molar-refractivity contribution in [1.29, 1.82) is 0 Å². The number of ether oxygens (including phenoxy) is 1. The Kier molecular flexibility index (Phi) is 12.0. The highest BCUT2D eigenvalue weighted by Crippen LogP contribution is 2.61. The fraction of sp³-hybridized carbons (Fsp3) is 0.944. The van der Waals surface area contributed by atoms with E-state index in [0.717, 1.165) is 32.1 Å². The number of aliphatic hydroxyl groups excluding tert-OH is 2. The van der Waals surface area contributed by atoms with Crippen molar-refractivity contribution in [3.8, 4) is 0 Å². The highest BCUT2D eigenvalue weighted by atomic mass is 19.1. The quantitative estimate of drug-likeness (QED) is 0.251. The maximum Gasteiger partial charge on any atom is 0.240 e. The van der Waals surface area contributed by atoms with E-state index < -0.39 is 36.3 Å². The molecular weight excluding hydrogens is 603 g/mol. The first kappa shape index (κ1) is 36.9. The van der Waals surface area contributed by atoms with Gasteiger partial charge in [0.1, 0.15) is 18.3 Å². The fourth-order valence-electron chi connectivity index (χ4n) is 10.5. The van der Waals surface area contributed by atoms with Gasteiger partial charge in [-0.1, -0.05) is 27.2 Å². The van der Waals surface area contributed by atoms with E-state index in [1.54, 1.807) is 19.1 Å². The number of nitrogens with one attached hydrogen (secondary N) is 2. The van der Waals surface area contributed by atoms with Crippen LogP contribution in [0, 0.1) is 52.8 Å². The molecule has 14 atom stereocenters. The summed E-state index contributed by atoms with van der Waals surface area (Å²) in [6, 6.07) is -0.658. The predicted molar refractivity (Wildman–Crippen MR) is 178 cm³/mol. The van der Waals surface area contributed by atoms with E-state index in [-0.39, 0.29) is 48.3 Å². The third-order valence-corrected chi connectivity index (χ3v) is 13.4. The number of methoxy groups -OCH3 is 1. The van der Waals surface area contributed by atoms with Gasteiger partial charge < -0.3 is 30.5 Å². The number of rotatable bonds is 12. The summed E-state index contributed by atoms with van der Waals surface area (Å²) in [5, 5.41) is 29.2. The molecule has 11 heteroatoms. The molecule has 6 aliphatic rings. The van der Waals surface area contributed by atoms with Crippen molar-refractivity contribution in [2.24, 2.45) is 52.8 Å². The summed E-state index contributed by atoms with van der Waals surface area (Å²) in [7, 11) is 5.62. The molecule has 1 saturated heterocycles. The molecule has 0 aromatic rings. The molecule has 0 radical (unpaired) electrons. The highest BCUT2D eigenvalue weighted by molar-refractivity contribution is 5.83. The van der Waals surface area contributed by atoms with Gasteiger partial charge in [-0.25, -0.2) is 4.39 Å². The lowest BCUT2D eigenvalue weighted by atomic mass is 9.45. The zero-order valence-electron chi connectivity index (χ0n) is 29.9. The third kappa shape index (κ3) is 7.55. The Morgan fingerprint density at radius 2 is 1.87 bits per heavy atom. The van der Waals surface area contributed by atoms with Crippen LogP contribution in [0.1, 0.15) is 79.1 Å². The van der Waals surface area contributed by atoms with Crippen LogP contribution in [-0.2, 0) is 19.2 Å². The first-order valence-corrected chi connectivity index (χ1v) is 18.4. The summed E-state index contributed by atoms with van der Waals surface area (Å²) in [6.45, 7) is 9.95. The zero-order chi connectivity index (χ0) is 34.2. The fourth-order valence-corrected chi connectivity index (χ4v) is 10.5. The van der Waals surface area contributed by atoms with Crippen LogP contribution in [0.15, 0.2) is 0 Å². The van der Waals surface area contributed by atoms with Gasteiger partial charge >= 0.3 is 0 Å². The van der Waals surface area contributed by atoms with Gasteiger partial charge in [-0.3, -0.25) is 14.4 Å². The van der Waals surface area contributed by atoms with Crippen LogP contribution in [0.25, 0.3) is 0 Å². The minimum Gasteiger partial charge on any atom is -0.394 e. The van der Waals surface area contributed by atoms with E-state index in [0.29, 0.717) is 55.6 Å². The number of hydrogen-bond donors (Lipinski definition) is 4. The maximum atomic E-state index is 15.1. The van der Waals surface area contributed by atoms with Crippen LogP contribution in [0.3, 0.4) is 0 Å². The Bertz CT molecular complexity index is 1080. The number of hydrogen-bond acceptors (Lipinski definition) is 8. The normalized spacial score (nSPS) is 42.5. The van der Waals surface area contributed by atoms with Crippen molar-refractivity contribution in [2.45, 2.75) is 116 Å². The van der Waals surface area contributed by atoms with Crippen LogP contribution in [0.2, 0.25) is 0 Å². The zero-order valence-corrected chi connectivity index (χ0v) is 29.9. The second-order valence-corrected chi connectivity index (χ2v) is 16.6. The molecule has 2 bridgehead atoms. The van der Waals surface area contributed by atoms with Crippen molar-refractivity contribution >= 4 is 11.8 Å². The van der Waals surface area contributed by atoms with Crippen LogP contribution in [-0.4, -0.2) is 116 Å². The molecule has 10 nitrogen and oxygen atoms in total. The monoisotopic (exact) mass is 666 g/mol. The second kappa shape index (κ2) is 15.3. The maximum absolute atomic E-state index is 15.1. The number of carbonyl (C=O) groups is 2. The highest BCUT2D eigenvalue weighted by Gasteiger charge is 2.58. The van der Waals surface area contributed by atoms with Crippen molar-refractivity contribution < 1.29 is 33.8 Å². The Hall–Kier alpha value is -1.37. The molecule has 0 aromatic heterocycles. The number of hydroxylamine groups is 2. The number of halogens is 1. The van der Waals surface area contributed by atoms with Crippen molar-refractivity contribution in [1.82, 2.24) is 20.6 Å². The minimum atomic E-state index is -1.14. The van der Waals surface area contributed by atoms with Gasteiger partial charge in [0, 0.05) is 44.6 Å². The molecule has 0 aromatic carbocycles. The summed E-state index contributed by atoms with van der Waals surface area (Å²) in [4.78, 5) is 35.4. The Balaban J connectivity index is 1.28. The number of amides is 2. The lowest BCUT2D eigenvalue weighted by Crippen LogP contribution is -2.62. The molecule has 5 saturated carbocycles. The summed E-state index contributed by atoms with van der Waals surface area (Å²) in [5.74, 6) is 0.345. The Morgan fingerprint density at radius 3 is 2.49 bits per heavy atom. The van der Waals surface area contributed by atoms with Gasteiger partial charge in [-0.2, -0.15) is 5.06 Å². The van der Waals surface area contributed by atoms with Gasteiger partial charge in [-0.05, 0) is 101 Å². The smallest absolute Gasteiger partial charge is 0.240 e. The molecule has 6 unspecified atom stereocenters. The van der Waals surface area contributed by atoms with E-state index in [2.05, 4.69) is 31.4 Å². The average molecular weight is 667 g/mol. The lowest BCUT2D eigenvalue weighted by Gasteiger charge is -2.62. The summed E-state index contributed by atoms with van der Waals surface area (Å²) < 4.78 is 21.3. The molecule has 2 amide bonds. The molecule has 1 heterocycles. The predicted octanol–water partition coefficient (Wildman–Crippen LogP) is 3.01. The number of likely N-dealkylation sites (N-methyl/N-ethyl adjacent to an activating group) is 1. The molecule has 4 N–H and O–H groups in total. The first-order valence-electron chi connectivity index (χ1n) is 18.4. The van der Waals surface area contributed by atoms with E-state index in [1.807, 2.05) is 19.0 Å². The molecule has 47 heavy (non-hydrogen) atoms. The van der Waals surface area contributed by atoms with Gasteiger partial charge in [0.15, 0.2) is 0 Å². The molecule has 0 spiro atoms. The van der Waals surface area contributed by atoms with E-state index in [9.17, 15) is 19.8 Å². The molecule has 1 aliphatic heterocycles. The van der Waals surface area contributed by atoms with Crippen LogP contribution < -0.4 is 10.6 Å².